The number of hydrazone groups is 1. The van der Waals surface area contributed by atoms with Crippen LogP contribution in [0.25, 0.3) is 16.9 Å². The maximum atomic E-state index is 12.0. The Hall–Kier alpha value is -4.53. The molecule has 0 fully saturated rings. The Morgan fingerprint density at radius 3 is 2.53 bits per heavy atom. The first-order chi connectivity index (χ1) is 14.6. The van der Waals surface area contributed by atoms with Gasteiger partial charge in [-0.2, -0.15) is 10.2 Å². The summed E-state index contributed by atoms with van der Waals surface area (Å²) < 4.78 is 6.63. The minimum Gasteiger partial charge on any atom is -0.459 e. The number of rotatable bonds is 6. The lowest BCUT2D eigenvalue weighted by Gasteiger charge is -2.00. The molecule has 0 spiro atoms. The van der Waals surface area contributed by atoms with Gasteiger partial charge in [0.1, 0.15) is 5.69 Å². The van der Waals surface area contributed by atoms with E-state index in [4.69, 9.17) is 4.42 Å². The van der Waals surface area contributed by atoms with Crippen LogP contribution >= 0.6 is 0 Å². The molecule has 0 aliphatic rings. The van der Waals surface area contributed by atoms with E-state index in [2.05, 4.69) is 15.6 Å². The van der Waals surface area contributed by atoms with Crippen molar-refractivity contribution in [1.82, 2.24) is 15.2 Å². The molecule has 9 heteroatoms. The van der Waals surface area contributed by atoms with Gasteiger partial charge in [-0.25, -0.2) is 10.1 Å². The van der Waals surface area contributed by atoms with Gasteiger partial charge < -0.3 is 4.42 Å². The smallest absolute Gasteiger partial charge is 0.307 e. The molecular formula is C21H15N5O4. The molecule has 0 bridgehead atoms. The lowest BCUT2D eigenvalue weighted by atomic mass is 10.1. The van der Waals surface area contributed by atoms with Gasteiger partial charge in [-0.3, -0.25) is 14.9 Å². The normalized spacial score (nSPS) is 10.9. The minimum absolute atomic E-state index is 0.00314. The van der Waals surface area contributed by atoms with Crippen LogP contribution in [0.5, 0.6) is 0 Å². The summed E-state index contributed by atoms with van der Waals surface area (Å²) in [7, 11) is 0. The van der Waals surface area contributed by atoms with Crippen LogP contribution in [0.15, 0.2) is 88.7 Å². The van der Waals surface area contributed by atoms with Crippen LogP contribution in [0.3, 0.4) is 0 Å². The molecule has 0 radical (unpaired) electrons. The molecule has 2 heterocycles. The van der Waals surface area contributed by atoms with Crippen LogP contribution in [0, 0.1) is 10.1 Å². The van der Waals surface area contributed by atoms with Crippen molar-refractivity contribution in [3.8, 4) is 16.9 Å². The fourth-order valence-corrected chi connectivity index (χ4v) is 2.78. The monoisotopic (exact) mass is 401 g/mol. The SMILES string of the molecule is O=C(N/N=C/c1cn(-c2ccc([N+](=O)[O-])cc2)nc1-c1ccccc1)c1ccco1. The zero-order chi connectivity index (χ0) is 20.9. The number of furan rings is 1. The highest BCUT2D eigenvalue weighted by Crippen LogP contribution is 2.23. The van der Waals surface area contributed by atoms with E-state index in [0.29, 0.717) is 16.9 Å². The van der Waals surface area contributed by atoms with Crippen LogP contribution in [0.4, 0.5) is 5.69 Å². The van der Waals surface area contributed by atoms with Crippen molar-refractivity contribution in [2.45, 2.75) is 0 Å². The van der Waals surface area contributed by atoms with E-state index in [1.165, 1.54) is 30.7 Å². The van der Waals surface area contributed by atoms with Crippen LogP contribution in [-0.4, -0.2) is 26.8 Å². The predicted molar refractivity (Wildman–Crippen MR) is 109 cm³/mol. The minimum atomic E-state index is -0.472. The van der Waals surface area contributed by atoms with Crippen molar-refractivity contribution in [2.24, 2.45) is 5.10 Å². The van der Waals surface area contributed by atoms with Crippen LogP contribution in [0.1, 0.15) is 16.1 Å². The highest BCUT2D eigenvalue weighted by atomic mass is 16.6. The molecule has 0 atom stereocenters. The van der Waals surface area contributed by atoms with Crippen LogP contribution in [-0.2, 0) is 0 Å². The Kier molecular flexibility index (Phi) is 5.16. The highest BCUT2D eigenvalue weighted by Gasteiger charge is 2.13. The molecule has 9 nitrogen and oxygen atoms in total. The van der Waals surface area contributed by atoms with Crippen molar-refractivity contribution >= 4 is 17.8 Å². The van der Waals surface area contributed by atoms with Gasteiger partial charge in [0.2, 0.25) is 0 Å². The average Bonchev–Trinajstić information content (AvgIpc) is 3.45. The Morgan fingerprint density at radius 2 is 1.87 bits per heavy atom. The highest BCUT2D eigenvalue weighted by molar-refractivity contribution is 5.93. The number of nitrogens with zero attached hydrogens (tertiary/aromatic N) is 4. The summed E-state index contributed by atoms with van der Waals surface area (Å²) in [6.45, 7) is 0. The third kappa shape index (κ3) is 3.99. The summed E-state index contributed by atoms with van der Waals surface area (Å²) in [5.74, 6) is -0.322. The number of amides is 1. The lowest BCUT2D eigenvalue weighted by molar-refractivity contribution is -0.384. The van der Waals surface area contributed by atoms with Gasteiger partial charge in [-0.1, -0.05) is 30.3 Å². The number of nitrogens with one attached hydrogen (secondary N) is 1. The van der Waals surface area contributed by atoms with E-state index in [1.807, 2.05) is 30.3 Å². The summed E-state index contributed by atoms with van der Waals surface area (Å²) in [6, 6.07) is 18.7. The first-order valence-corrected chi connectivity index (χ1v) is 8.88. The molecule has 148 valence electrons. The molecule has 1 N–H and O–H groups in total. The van der Waals surface area contributed by atoms with Crippen molar-refractivity contribution < 1.29 is 14.1 Å². The largest absolute Gasteiger partial charge is 0.459 e. The third-order valence-corrected chi connectivity index (χ3v) is 4.23. The third-order valence-electron chi connectivity index (χ3n) is 4.23. The van der Waals surface area contributed by atoms with E-state index in [9.17, 15) is 14.9 Å². The second kappa shape index (κ2) is 8.23. The molecule has 0 aliphatic heterocycles. The standard InChI is InChI=1S/C21H15N5O4/c27-21(19-7-4-12-30-19)23-22-13-16-14-25(17-8-10-18(11-9-17)26(28)29)24-20(16)15-5-2-1-3-6-15/h1-14H,(H,23,27)/b22-13+. The molecule has 4 rings (SSSR count). The van der Waals surface area contributed by atoms with E-state index in [0.717, 1.165) is 5.56 Å². The number of carbonyl (C=O) groups is 1. The number of hydrogen-bond donors (Lipinski definition) is 1. The van der Waals surface area contributed by atoms with Gasteiger partial charge >= 0.3 is 5.91 Å². The van der Waals surface area contributed by atoms with E-state index >= 15 is 0 Å². The first-order valence-electron chi connectivity index (χ1n) is 8.88. The number of aromatic nitrogens is 2. The molecule has 0 unspecified atom stereocenters. The Balaban J connectivity index is 1.65. The average molecular weight is 401 g/mol. The van der Waals surface area contributed by atoms with Crippen molar-refractivity contribution in [1.29, 1.82) is 0 Å². The van der Waals surface area contributed by atoms with Gasteiger partial charge in [0, 0.05) is 29.5 Å². The maximum Gasteiger partial charge on any atom is 0.307 e. The summed E-state index contributed by atoms with van der Waals surface area (Å²) in [5.41, 5.74) is 5.21. The van der Waals surface area contributed by atoms with Crippen LogP contribution in [0.2, 0.25) is 0 Å². The Labute approximate surface area is 170 Å². The van der Waals surface area contributed by atoms with Gasteiger partial charge in [-0.05, 0) is 24.3 Å². The second-order valence-electron chi connectivity index (χ2n) is 6.19. The zero-order valence-electron chi connectivity index (χ0n) is 15.5. The second-order valence-corrected chi connectivity index (χ2v) is 6.19. The molecule has 2 aromatic carbocycles. The van der Waals surface area contributed by atoms with E-state index in [-0.39, 0.29) is 11.4 Å². The van der Waals surface area contributed by atoms with Gasteiger partial charge in [0.05, 0.1) is 23.1 Å². The van der Waals surface area contributed by atoms with Gasteiger partial charge in [0.15, 0.2) is 5.76 Å². The summed E-state index contributed by atoms with van der Waals surface area (Å²) in [6.07, 6.45) is 4.62. The molecule has 1 amide bonds. The topological polar surface area (TPSA) is 116 Å². The fraction of sp³-hybridized carbons (Fsp3) is 0. The molecule has 4 aromatic rings. The molecule has 0 saturated heterocycles. The maximum absolute atomic E-state index is 12.0. The van der Waals surface area contributed by atoms with Gasteiger partial charge in [0.25, 0.3) is 5.69 Å². The first kappa shape index (κ1) is 18.8. The summed E-state index contributed by atoms with van der Waals surface area (Å²) in [4.78, 5) is 22.4. The van der Waals surface area contributed by atoms with Crippen molar-refractivity contribution in [3.05, 3.63) is 101 Å². The fourth-order valence-electron chi connectivity index (χ4n) is 2.78. The molecule has 2 aromatic heterocycles. The molecule has 0 saturated carbocycles. The number of benzene rings is 2. The number of carbonyl (C=O) groups excluding carboxylic acids is 1. The molecule has 0 aliphatic carbocycles. The number of nitro benzene ring substituents is 1. The number of non-ortho nitro benzene ring substituents is 1. The summed E-state index contributed by atoms with van der Waals surface area (Å²) in [5, 5.41) is 19.5. The Morgan fingerprint density at radius 1 is 1.10 bits per heavy atom. The van der Waals surface area contributed by atoms with Crippen molar-refractivity contribution in [3.63, 3.8) is 0 Å². The summed E-state index contributed by atoms with van der Waals surface area (Å²) >= 11 is 0. The number of nitro groups is 1. The predicted octanol–water partition coefficient (Wildman–Crippen LogP) is 3.80. The molecular weight excluding hydrogens is 386 g/mol. The quantitative estimate of drug-likeness (QED) is 0.300. The van der Waals surface area contributed by atoms with Gasteiger partial charge in [-0.15, -0.1) is 0 Å². The Bertz CT molecular complexity index is 1200. The zero-order valence-corrected chi connectivity index (χ0v) is 15.5. The molecule has 30 heavy (non-hydrogen) atoms. The van der Waals surface area contributed by atoms with E-state index < -0.39 is 10.8 Å². The van der Waals surface area contributed by atoms with Crippen molar-refractivity contribution in [2.75, 3.05) is 0 Å². The lowest BCUT2D eigenvalue weighted by Crippen LogP contribution is -2.16. The van der Waals surface area contributed by atoms with Crippen LogP contribution < -0.4 is 5.43 Å². The number of hydrogen-bond acceptors (Lipinski definition) is 6. The van der Waals surface area contributed by atoms with E-state index in [1.54, 1.807) is 29.1 Å².